The number of nitrogens with two attached hydrogens (primary N) is 1. The van der Waals surface area contributed by atoms with E-state index in [0.717, 1.165) is 6.07 Å². The van der Waals surface area contributed by atoms with Gasteiger partial charge in [0.2, 0.25) is 5.78 Å². The fourth-order valence-electron chi connectivity index (χ4n) is 2.49. The van der Waals surface area contributed by atoms with E-state index in [4.69, 9.17) is 26.8 Å². The highest BCUT2D eigenvalue weighted by Crippen LogP contribution is 2.27. The molecule has 0 bridgehead atoms. The number of hydrogen-bond donors (Lipinski definition) is 2. The molecule has 0 aromatic heterocycles. The zero-order valence-electron chi connectivity index (χ0n) is 13.5. The molecule has 0 spiro atoms. The van der Waals surface area contributed by atoms with Crippen molar-refractivity contribution in [3.05, 3.63) is 34.6 Å². The molecular formula is C16H20ClFN2O4. The number of ketones is 1. The largest absolute Gasteiger partial charge is 0.347 e. The van der Waals surface area contributed by atoms with Crippen molar-refractivity contribution in [2.45, 2.75) is 38.3 Å². The summed E-state index contributed by atoms with van der Waals surface area (Å²) in [5.74, 6) is -2.87. The van der Waals surface area contributed by atoms with E-state index in [-0.39, 0.29) is 30.6 Å². The molecule has 2 rings (SSSR count). The molecule has 3 N–H and O–H groups in total. The van der Waals surface area contributed by atoms with E-state index in [1.165, 1.54) is 12.1 Å². The molecule has 0 aliphatic carbocycles. The minimum absolute atomic E-state index is 0.0375. The highest BCUT2D eigenvalue weighted by Gasteiger charge is 2.40. The maximum Gasteiger partial charge on any atom is 0.287 e. The van der Waals surface area contributed by atoms with E-state index in [1.807, 2.05) is 0 Å². The molecule has 1 aromatic carbocycles. The normalized spacial score (nSPS) is 22.4. The molecule has 132 valence electrons. The van der Waals surface area contributed by atoms with Gasteiger partial charge >= 0.3 is 0 Å². The second-order valence-corrected chi connectivity index (χ2v) is 6.41. The summed E-state index contributed by atoms with van der Waals surface area (Å²) in [6.07, 6.45) is -1.01. The van der Waals surface area contributed by atoms with Crippen LogP contribution in [0.1, 0.15) is 19.4 Å². The topological polar surface area (TPSA) is 90.7 Å². The van der Waals surface area contributed by atoms with Gasteiger partial charge in [-0.2, -0.15) is 0 Å². The van der Waals surface area contributed by atoms with Crippen molar-refractivity contribution in [1.29, 1.82) is 0 Å². The molecule has 24 heavy (non-hydrogen) atoms. The van der Waals surface area contributed by atoms with Gasteiger partial charge in [-0.15, -0.1) is 0 Å². The van der Waals surface area contributed by atoms with Crippen LogP contribution in [0.4, 0.5) is 4.39 Å². The number of ether oxygens (including phenoxy) is 2. The van der Waals surface area contributed by atoms with Crippen LogP contribution >= 0.6 is 11.6 Å². The van der Waals surface area contributed by atoms with Gasteiger partial charge in [0.25, 0.3) is 5.91 Å². The Bertz CT molecular complexity index is 639. The summed E-state index contributed by atoms with van der Waals surface area (Å²) in [5.41, 5.74) is 5.98. The molecule has 1 saturated heterocycles. The smallest absolute Gasteiger partial charge is 0.287 e. The van der Waals surface area contributed by atoms with Crippen LogP contribution < -0.4 is 11.1 Å². The quantitative estimate of drug-likeness (QED) is 0.745. The van der Waals surface area contributed by atoms with Crippen LogP contribution in [-0.2, 0) is 25.5 Å². The lowest BCUT2D eigenvalue weighted by atomic mass is 10.1. The summed E-state index contributed by atoms with van der Waals surface area (Å²) in [4.78, 5) is 23.8. The van der Waals surface area contributed by atoms with Gasteiger partial charge in [-0.25, -0.2) is 4.39 Å². The molecule has 1 unspecified atom stereocenters. The van der Waals surface area contributed by atoms with Crippen LogP contribution in [0.15, 0.2) is 18.2 Å². The van der Waals surface area contributed by atoms with Crippen molar-refractivity contribution in [2.24, 2.45) is 5.73 Å². The van der Waals surface area contributed by atoms with Gasteiger partial charge in [0.05, 0.1) is 5.02 Å². The second kappa shape index (κ2) is 7.57. The van der Waals surface area contributed by atoms with E-state index in [9.17, 15) is 14.0 Å². The zero-order chi connectivity index (χ0) is 17.9. The molecule has 2 atom stereocenters. The van der Waals surface area contributed by atoms with Crippen molar-refractivity contribution in [3.8, 4) is 0 Å². The molecule has 0 saturated carbocycles. The first-order valence-corrected chi connectivity index (χ1v) is 7.90. The molecule has 8 heteroatoms. The Morgan fingerprint density at radius 3 is 2.62 bits per heavy atom. The summed E-state index contributed by atoms with van der Waals surface area (Å²) in [6, 6.07) is 3.97. The van der Waals surface area contributed by atoms with Gasteiger partial charge in [0.1, 0.15) is 18.0 Å². The number of benzene rings is 1. The SMILES string of the molecule is CC1(C)OC(CNC(=O)C(=O)Cc2ccc(Cl)c(F)c2)[C@H](CN)O1. The summed E-state index contributed by atoms with van der Waals surface area (Å²) in [5, 5.41) is 2.47. The van der Waals surface area contributed by atoms with Crippen LogP contribution in [0.25, 0.3) is 0 Å². The third-order valence-corrected chi connectivity index (χ3v) is 3.89. The number of Topliss-reactive ketones (excluding diaryl/α,β-unsaturated/α-hetero) is 1. The minimum atomic E-state index is -0.787. The summed E-state index contributed by atoms with van der Waals surface area (Å²) >= 11 is 5.58. The van der Waals surface area contributed by atoms with Gasteiger partial charge in [0.15, 0.2) is 5.79 Å². The number of amides is 1. The summed E-state index contributed by atoms with van der Waals surface area (Å²) in [7, 11) is 0. The summed E-state index contributed by atoms with van der Waals surface area (Å²) in [6.45, 7) is 3.84. The predicted molar refractivity (Wildman–Crippen MR) is 86.0 cm³/mol. The average Bonchev–Trinajstić information content (AvgIpc) is 2.82. The lowest BCUT2D eigenvalue weighted by molar-refractivity contribution is -0.146. The Hall–Kier alpha value is -1.54. The monoisotopic (exact) mass is 358 g/mol. The Morgan fingerprint density at radius 2 is 2.00 bits per heavy atom. The van der Waals surface area contributed by atoms with Crippen molar-refractivity contribution in [2.75, 3.05) is 13.1 Å². The maximum absolute atomic E-state index is 13.4. The third kappa shape index (κ3) is 4.73. The molecule has 1 heterocycles. The van der Waals surface area contributed by atoms with Crippen molar-refractivity contribution in [3.63, 3.8) is 0 Å². The zero-order valence-corrected chi connectivity index (χ0v) is 14.2. The third-order valence-electron chi connectivity index (χ3n) is 3.58. The van der Waals surface area contributed by atoms with Crippen molar-refractivity contribution in [1.82, 2.24) is 5.32 Å². The van der Waals surface area contributed by atoms with Crippen LogP contribution in [0.3, 0.4) is 0 Å². The standard InChI is InChI=1S/C16H20ClFN2O4/c1-16(2)23-13(7-19)14(24-16)8-20-15(22)12(21)6-9-3-4-10(17)11(18)5-9/h3-5,13-14H,6-8,19H2,1-2H3,(H,20,22)/t13-,14?/m0/s1. The van der Waals surface area contributed by atoms with Gasteiger partial charge in [-0.1, -0.05) is 17.7 Å². The Morgan fingerprint density at radius 1 is 1.33 bits per heavy atom. The van der Waals surface area contributed by atoms with Gasteiger partial charge < -0.3 is 20.5 Å². The van der Waals surface area contributed by atoms with E-state index >= 15 is 0 Å². The average molecular weight is 359 g/mol. The number of halogens is 2. The number of rotatable bonds is 6. The molecule has 1 fully saturated rings. The highest BCUT2D eigenvalue weighted by molar-refractivity contribution is 6.36. The van der Waals surface area contributed by atoms with E-state index in [2.05, 4.69) is 5.32 Å². The lowest BCUT2D eigenvalue weighted by Gasteiger charge is -2.17. The maximum atomic E-state index is 13.4. The first-order chi connectivity index (χ1) is 11.2. The van der Waals surface area contributed by atoms with Gasteiger partial charge in [-0.3, -0.25) is 9.59 Å². The Labute approximate surface area is 144 Å². The van der Waals surface area contributed by atoms with Gasteiger partial charge in [0, 0.05) is 19.5 Å². The molecule has 1 amide bonds. The minimum Gasteiger partial charge on any atom is -0.347 e. The fraction of sp³-hybridized carbons (Fsp3) is 0.500. The second-order valence-electron chi connectivity index (χ2n) is 6.01. The molecule has 1 aromatic rings. The van der Waals surface area contributed by atoms with Crippen LogP contribution in [0, 0.1) is 5.82 Å². The van der Waals surface area contributed by atoms with Gasteiger partial charge in [-0.05, 0) is 31.5 Å². The highest BCUT2D eigenvalue weighted by atomic mass is 35.5. The number of carbonyl (C=O) groups is 2. The van der Waals surface area contributed by atoms with Crippen molar-refractivity contribution < 1.29 is 23.5 Å². The lowest BCUT2D eigenvalue weighted by Crippen LogP contribution is -2.42. The molecule has 6 nitrogen and oxygen atoms in total. The number of nitrogens with one attached hydrogen (secondary N) is 1. The first-order valence-electron chi connectivity index (χ1n) is 7.52. The number of hydrogen-bond acceptors (Lipinski definition) is 5. The fourth-order valence-corrected chi connectivity index (χ4v) is 2.61. The molecular weight excluding hydrogens is 339 g/mol. The Balaban J connectivity index is 1.87. The van der Waals surface area contributed by atoms with Crippen LogP contribution in [0.5, 0.6) is 0 Å². The number of carbonyl (C=O) groups excluding carboxylic acids is 2. The van der Waals surface area contributed by atoms with Crippen LogP contribution in [-0.4, -0.2) is 42.8 Å². The van der Waals surface area contributed by atoms with E-state index in [1.54, 1.807) is 13.8 Å². The van der Waals surface area contributed by atoms with E-state index < -0.39 is 29.4 Å². The van der Waals surface area contributed by atoms with Crippen molar-refractivity contribution >= 4 is 23.3 Å². The molecule has 1 aliphatic heterocycles. The Kier molecular flexibility index (Phi) is 5.92. The molecule has 1 aliphatic rings. The first kappa shape index (κ1) is 18.8. The summed E-state index contributed by atoms with van der Waals surface area (Å²) < 4.78 is 24.6. The van der Waals surface area contributed by atoms with E-state index in [0.29, 0.717) is 5.56 Å². The van der Waals surface area contributed by atoms with Crippen LogP contribution in [0.2, 0.25) is 5.02 Å². The predicted octanol–water partition coefficient (Wildman–Crippen LogP) is 1.19. The molecule has 0 radical (unpaired) electrons.